The van der Waals surface area contributed by atoms with E-state index in [4.69, 9.17) is 4.43 Å². The minimum Gasteiger partial charge on any atom is -0.408 e. The van der Waals surface area contributed by atoms with Crippen molar-refractivity contribution < 1.29 is 14.0 Å². The maximum absolute atomic E-state index is 12.5. The Morgan fingerprint density at radius 1 is 1.22 bits per heavy atom. The number of allylic oxidation sites excluding steroid dienone is 1. The van der Waals surface area contributed by atoms with Crippen LogP contribution in [0, 0.1) is 0 Å². The lowest BCUT2D eigenvalue weighted by Crippen LogP contribution is -2.57. The summed E-state index contributed by atoms with van der Waals surface area (Å²) in [6.07, 6.45) is 1.51. The summed E-state index contributed by atoms with van der Waals surface area (Å²) in [7, 11) is -2.11. The van der Waals surface area contributed by atoms with Gasteiger partial charge >= 0.3 is 0 Å². The molecule has 1 heterocycles. The van der Waals surface area contributed by atoms with Gasteiger partial charge in [0.1, 0.15) is 0 Å². The number of hydrogen-bond donors (Lipinski definition) is 0. The normalized spacial score (nSPS) is 25.0. The Hall–Kier alpha value is -0.0431. The zero-order valence-corrected chi connectivity index (χ0v) is 18.2. The van der Waals surface area contributed by atoms with Gasteiger partial charge in [0.2, 0.25) is 0 Å². The third-order valence-electron chi connectivity index (χ3n) is 4.80. The standard InChI is InChI=1S/C17H30O3S2Si/c1-12-11-15(20-23(7,8)16(4,5)6)17(13(2)18,14(3)19)22-10-9-21-12/h11,15H,9-10H2,1-8H3/b12-11-. The van der Waals surface area contributed by atoms with Crippen molar-refractivity contribution in [3.8, 4) is 0 Å². The van der Waals surface area contributed by atoms with Crippen molar-refractivity contribution in [2.45, 2.75) is 70.5 Å². The highest BCUT2D eigenvalue weighted by atomic mass is 32.2. The number of carbonyl (C=O) groups is 2. The molecule has 1 aliphatic heterocycles. The largest absolute Gasteiger partial charge is 0.408 e. The SMILES string of the molecule is CC(=O)C1(C(C)=O)SCCS/C(C)=C\C1O[Si](C)(C)C(C)(C)C. The molecule has 1 rings (SSSR count). The second-order valence-electron chi connectivity index (χ2n) is 7.62. The molecule has 0 radical (unpaired) electrons. The van der Waals surface area contributed by atoms with Crippen LogP contribution in [0.5, 0.6) is 0 Å². The summed E-state index contributed by atoms with van der Waals surface area (Å²) >= 11 is 3.22. The fourth-order valence-corrected chi connectivity index (χ4v) is 5.87. The summed E-state index contributed by atoms with van der Waals surface area (Å²) in [5, 5.41) is 0.0221. The van der Waals surface area contributed by atoms with E-state index in [0.717, 1.165) is 16.4 Å². The van der Waals surface area contributed by atoms with Crippen molar-refractivity contribution in [1.29, 1.82) is 0 Å². The first kappa shape index (κ1) is 21.0. The Kier molecular flexibility index (Phi) is 6.81. The van der Waals surface area contributed by atoms with Gasteiger partial charge in [-0.25, -0.2) is 0 Å². The highest BCUT2D eigenvalue weighted by molar-refractivity contribution is 8.06. The topological polar surface area (TPSA) is 43.4 Å². The summed E-state index contributed by atoms with van der Waals surface area (Å²) in [5.41, 5.74) is 0. The number of hydrogen-bond acceptors (Lipinski definition) is 5. The number of thioether (sulfide) groups is 2. The minimum atomic E-state index is -2.11. The third kappa shape index (κ3) is 4.53. The molecular weight excluding hydrogens is 344 g/mol. The Balaban J connectivity index is 3.42. The first-order chi connectivity index (χ1) is 10.3. The summed E-state index contributed by atoms with van der Waals surface area (Å²) < 4.78 is 5.46. The molecule has 0 aliphatic carbocycles. The molecule has 0 bridgehead atoms. The number of carbonyl (C=O) groups excluding carboxylic acids is 2. The molecular formula is C17H30O3S2Si. The Morgan fingerprint density at radius 3 is 2.17 bits per heavy atom. The van der Waals surface area contributed by atoms with Crippen LogP contribution in [0.25, 0.3) is 0 Å². The molecule has 0 aromatic rings. The van der Waals surface area contributed by atoms with Gasteiger partial charge in [-0.15, -0.1) is 23.5 Å². The van der Waals surface area contributed by atoms with Gasteiger partial charge in [0.25, 0.3) is 0 Å². The van der Waals surface area contributed by atoms with E-state index in [1.54, 1.807) is 11.8 Å². The predicted octanol–water partition coefficient (Wildman–Crippen LogP) is 4.68. The molecule has 0 amide bonds. The maximum atomic E-state index is 12.5. The summed E-state index contributed by atoms with van der Waals surface area (Å²) in [6.45, 7) is 15.9. The van der Waals surface area contributed by atoms with E-state index in [9.17, 15) is 9.59 Å². The van der Waals surface area contributed by atoms with Gasteiger partial charge in [0, 0.05) is 11.5 Å². The van der Waals surface area contributed by atoms with Crippen molar-refractivity contribution in [2.24, 2.45) is 0 Å². The molecule has 1 unspecified atom stereocenters. The molecule has 3 nitrogen and oxygen atoms in total. The van der Waals surface area contributed by atoms with Crippen molar-refractivity contribution >= 4 is 43.4 Å². The van der Waals surface area contributed by atoms with E-state index in [0.29, 0.717) is 0 Å². The van der Waals surface area contributed by atoms with Crippen LogP contribution >= 0.6 is 23.5 Å². The van der Waals surface area contributed by atoms with E-state index in [1.165, 1.54) is 25.6 Å². The fourth-order valence-electron chi connectivity index (χ4n) is 2.33. The predicted molar refractivity (Wildman–Crippen MR) is 105 cm³/mol. The zero-order valence-electron chi connectivity index (χ0n) is 15.6. The lowest BCUT2D eigenvalue weighted by molar-refractivity contribution is -0.130. The van der Waals surface area contributed by atoms with Gasteiger partial charge in [-0.1, -0.05) is 20.8 Å². The zero-order chi connectivity index (χ0) is 18.1. The molecule has 1 aliphatic rings. The Bertz CT molecular complexity index is 492. The molecule has 0 aromatic carbocycles. The van der Waals surface area contributed by atoms with E-state index in [2.05, 4.69) is 33.9 Å². The number of ketones is 2. The first-order valence-electron chi connectivity index (χ1n) is 7.99. The number of rotatable bonds is 4. The van der Waals surface area contributed by atoms with E-state index < -0.39 is 19.2 Å². The molecule has 0 saturated carbocycles. The lowest BCUT2D eigenvalue weighted by atomic mass is 9.92. The van der Waals surface area contributed by atoms with Crippen LogP contribution in [0.3, 0.4) is 0 Å². The van der Waals surface area contributed by atoms with Crippen LogP contribution in [0.1, 0.15) is 41.5 Å². The van der Waals surface area contributed by atoms with Crippen LogP contribution in [0.2, 0.25) is 18.1 Å². The first-order valence-corrected chi connectivity index (χ1v) is 12.9. The van der Waals surface area contributed by atoms with Crippen LogP contribution in [0.4, 0.5) is 0 Å². The average Bonchev–Trinajstić information content (AvgIpc) is 2.33. The van der Waals surface area contributed by atoms with Crippen LogP contribution in [0.15, 0.2) is 11.0 Å². The summed E-state index contributed by atoms with van der Waals surface area (Å²) in [4.78, 5) is 26.2. The van der Waals surface area contributed by atoms with Crippen molar-refractivity contribution in [3.05, 3.63) is 11.0 Å². The van der Waals surface area contributed by atoms with Gasteiger partial charge < -0.3 is 4.43 Å². The lowest BCUT2D eigenvalue weighted by Gasteiger charge is -2.44. The van der Waals surface area contributed by atoms with Gasteiger partial charge in [0.15, 0.2) is 24.6 Å². The minimum absolute atomic E-state index is 0.0221. The van der Waals surface area contributed by atoms with Gasteiger partial charge in [0.05, 0.1) is 6.10 Å². The van der Waals surface area contributed by atoms with Crippen molar-refractivity contribution in [1.82, 2.24) is 0 Å². The Labute approximate surface area is 150 Å². The van der Waals surface area contributed by atoms with Gasteiger partial charge in [-0.2, -0.15) is 0 Å². The average molecular weight is 375 g/mol. The summed E-state index contributed by atoms with van der Waals surface area (Å²) in [6, 6.07) is 0. The van der Waals surface area contributed by atoms with Crippen molar-refractivity contribution in [2.75, 3.05) is 11.5 Å². The second-order valence-corrected chi connectivity index (χ2v) is 15.1. The van der Waals surface area contributed by atoms with Crippen LogP contribution in [-0.2, 0) is 14.0 Å². The van der Waals surface area contributed by atoms with Crippen LogP contribution < -0.4 is 0 Å². The van der Waals surface area contributed by atoms with Gasteiger partial charge in [-0.3, -0.25) is 9.59 Å². The molecule has 132 valence electrons. The van der Waals surface area contributed by atoms with E-state index in [1.807, 2.05) is 13.0 Å². The fraction of sp³-hybridized carbons (Fsp3) is 0.765. The van der Waals surface area contributed by atoms with E-state index in [-0.39, 0.29) is 16.6 Å². The second kappa shape index (κ2) is 7.46. The summed E-state index contributed by atoms with van der Waals surface area (Å²) in [5.74, 6) is 1.47. The smallest absolute Gasteiger partial charge is 0.192 e. The molecule has 0 aromatic heterocycles. The third-order valence-corrected chi connectivity index (χ3v) is 12.2. The Morgan fingerprint density at radius 2 is 1.74 bits per heavy atom. The molecule has 1 atom stereocenters. The highest BCUT2D eigenvalue weighted by Crippen LogP contribution is 2.43. The molecule has 0 fully saturated rings. The molecule has 0 N–H and O–H groups in total. The molecule has 0 spiro atoms. The van der Waals surface area contributed by atoms with Crippen molar-refractivity contribution in [3.63, 3.8) is 0 Å². The molecule has 23 heavy (non-hydrogen) atoms. The van der Waals surface area contributed by atoms with E-state index >= 15 is 0 Å². The van der Waals surface area contributed by atoms with Gasteiger partial charge in [-0.05, 0) is 49.9 Å². The highest BCUT2D eigenvalue weighted by Gasteiger charge is 2.52. The quantitative estimate of drug-likeness (QED) is 0.528. The molecule has 0 saturated heterocycles. The maximum Gasteiger partial charge on any atom is 0.192 e. The monoisotopic (exact) mass is 374 g/mol. The van der Waals surface area contributed by atoms with Crippen LogP contribution in [-0.4, -0.2) is 42.2 Å². The number of Topliss-reactive ketones (excluding diaryl/α,β-unsaturated/α-hetero) is 2. The molecule has 6 heteroatoms.